The van der Waals surface area contributed by atoms with Crippen LogP contribution in [0.3, 0.4) is 0 Å². The van der Waals surface area contributed by atoms with Crippen molar-refractivity contribution in [2.45, 2.75) is 13.0 Å². The van der Waals surface area contributed by atoms with Gasteiger partial charge in [-0.2, -0.15) is 0 Å². The average Bonchev–Trinajstić information content (AvgIpc) is 2.28. The Bertz CT molecular complexity index is 396. The molecule has 0 spiro atoms. The standard InChI is InChI=1S/C12H17ClN2O2/c1-8-3-4-9(7-10(8)13)11(12(14)16)15-5-6-17-2/h3-4,7,11,15H,5-6H2,1-2H3,(H2,14,16). The summed E-state index contributed by atoms with van der Waals surface area (Å²) in [7, 11) is 1.60. The molecule has 4 nitrogen and oxygen atoms in total. The summed E-state index contributed by atoms with van der Waals surface area (Å²) in [5.74, 6) is -0.430. The van der Waals surface area contributed by atoms with Crippen LogP contribution in [0, 0.1) is 6.92 Å². The molecule has 1 amide bonds. The molecule has 0 aliphatic carbocycles. The number of amides is 1. The van der Waals surface area contributed by atoms with Gasteiger partial charge in [-0.05, 0) is 24.1 Å². The van der Waals surface area contributed by atoms with Crippen LogP contribution in [0.15, 0.2) is 18.2 Å². The Morgan fingerprint density at radius 2 is 2.29 bits per heavy atom. The first-order valence-corrected chi connectivity index (χ1v) is 5.71. The highest BCUT2D eigenvalue weighted by Crippen LogP contribution is 2.21. The third-order valence-electron chi connectivity index (χ3n) is 2.47. The Labute approximate surface area is 106 Å². The Morgan fingerprint density at radius 3 is 2.82 bits per heavy atom. The lowest BCUT2D eigenvalue weighted by Crippen LogP contribution is -2.35. The minimum Gasteiger partial charge on any atom is -0.383 e. The molecule has 1 atom stereocenters. The number of carbonyl (C=O) groups excluding carboxylic acids is 1. The van der Waals surface area contributed by atoms with Gasteiger partial charge >= 0.3 is 0 Å². The molecular formula is C12H17ClN2O2. The minimum atomic E-state index is -0.539. The zero-order valence-electron chi connectivity index (χ0n) is 10.00. The van der Waals surface area contributed by atoms with E-state index in [0.29, 0.717) is 18.2 Å². The molecule has 5 heteroatoms. The second-order valence-corrected chi connectivity index (χ2v) is 4.20. The number of halogens is 1. The summed E-state index contributed by atoms with van der Waals surface area (Å²) in [6, 6.07) is 4.93. The molecule has 0 aliphatic heterocycles. The van der Waals surface area contributed by atoms with Crippen LogP contribution >= 0.6 is 11.6 Å². The second-order valence-electron chi connectivity index (χ2n) is 3.79. The van der Waals surface area contributed by atoms with Crippen LogP contribution in [0.1, 0.15) is 17.2 Å². The van der Waals surface area contributed by atoms with Crippen molar-refractivity contribution in [2.75, 3.05) is 20.3 Å². The highest BCUT2D eigenvalue weighted by molar-refractivity contribution is 6.31. The van der Waals surface area contributed by atoms with E-state index in [1.807, 2.05) is 19.1 Å². The van der Waals surface area contributed by atoms with Gasteiger partial charge in [-0.25, -0.2) is 0 Å². The van der Waals surface area contributed by atoms with Crippen molar-refractivity contribution in [2.24, 2.45) is 5.73 Å². The van der Waals surface area contributed by atoms with Gasteiger partial charge in [0, 0.05) is 18.7 Å². The van der Waals surface area contributed by atoms with E-state index in [9.17, 15) is 4.79 Å². The quantitative estimate of drug-likeness (QED) is 0.757. The highest BCUT2D eigenvalue weighted by atomic mass is 35.5. The Kier molecular flexibility index (Phi) is 5.41. The van der Waals surface area contributed by atoms with Crippen molar-refractivity contribution in [3.05, 3.63) is 34.3 Å². The van der Waals surface area contributed by atoms with Gasteiger partial charge in [-0.15, -0.1) is 0 Å². The van der Waals surface area contributed by atoms with E-state index in [2.05, 4.69) is 5.32 Å². The average molecular weight is 257 g/mol. The normalized spacial score (nSPS) is 12.4. The molecular weight excluding hydrogens is 240 g/mol. The summed E-state index contributed by atoms with van der Waals surface area (Å²) < 4.78 is 4.91. The molecule has 0 aromatic heterocycles. The third-order valence-corrected chi connectivity index (χ3v) is 2.88. The summed E-state index contributed by atoms with van der Waals surface area (Å²) in [5.41, 5.74) is 7.09. The topological polar surface area (TPSA) is 64.3 Å². The summed E-state index contributed by atoms with van der Waals surface area (Å²) >= 11 is 6.02. The Balaban J connectivity index is 2.82. The van der Waals surface area contributed by atoms with Gasteiger partial charge in [0.05, 0.1) is 6.61 Å². The number of hydrogen-bond donors (Lipinski definition) is 2. The van der Waals surface area contributed by atoms with Crippen LogP contribution in [-0.2, 0) is 9.53 Å². The maximum absolute atomic E-state index is 11.4. The molecule has 17 heavy (non-hydrogen) atoms. The molecule has 1 aromatic rings. The summed E-state index contributed by atoms with van der Waals surface area (Å²) in [5, 5.41) is 3.65. The first-order chi connectivity index (χ1) is 8.06. The highest BCUT2D eigenvalue weighted by Gasteiger charge is 2.17. The van der Waals surface area contributed by atoms with Crippen LogP contribution in [0.5, 0.6) is 0 Å². The number of methoxy groups -OCH3 is 1. The lowest BCUT2D eigenvalue weighted by Gasteiger charge is -2.16. The van der Waals surface area contributed by atoms with E-state index in [4.69, 9.17) is 22.1 Å². The van der Waals surface area contributed by atoms with Gasteiger partial charge in [0.25, 0.3) is 0 Å². The number of carbonyl (C=O) groups is 1. The van der Waals surface area contributed by atoms with Crippen LogP contribution in [0.25, 0.3) is 0 Å². The number of nitrogens with one attached hydrogen (secondary N) is 1. The predicted molar refractivity (Wildman–Crippen MR) is 68.0 cm³/mol. The summed E-state index contributed by atoms with van der Waals surface area (Å²) in [4.78, 5) is 11.4. The maximum Gasteiger partial charge on any atom is 0.239 e. The van der Waals surface area contributed by atoms with E-state index in [1.165, 1.54) is 0 Å². The SMILES string of the molecule is COCCNC(C(N)=O)c1ccc(C)c(Cl)c1. The van der Waals surface area contributed by atoms with E-state index in [1.54, 1.807) is 13.2 Å². The van der Waals surface area contributed by atoms with Crippen molar-refractivity contribution in [3.63, 3.8) is 0 Å². The van der Waals surface area contributed by atoms with Crippen LogP contribution in [0.4, 0.5) is 0 Å². The number of primary amides is 1. The monoisotopic (exact) mass is 256 g/mol. The molecule has 3 N–H and O–H groups in total. The molecule has 0 aliphatic rings. The van der Waals surface area contributed by atoms with Crippen LogP contribution < -0.4 is 11.1 Å². The molecule has 1 unspecified atom stereocenters. The first kappa shape index (κ1) is 14.0. The van der Waals surface area contributed by atoms with Crippen LogP contribution in [0.2, 0.25) is 5.02 Å². The lowest BCUT2D eigenvalue weighted by atomic mass is 10.0. The van der Waals surface area contributed by atoms with Gasteiger partial charge in [0.2, 0.25) is 5.91 Å². The molecule has 0 saturated heterocycles. The number of ether oxygens (including phenoxy) is 1. The van der Waals surface area contributed by atoms with Gasteiger partial charge in [-0.1, -0.05) is 23.7 Å². The van der Waals surface area contributed by atoms with Crippen molar-refractivity contribution in [1.82, 2.24) is 5.32 Å². The van der Waals surface area contributed by atoms with Gasteiger partial charge < -0.3 is 10.5 Å². The summed E-state index contributed by atoms with van der Waals surface area (Å²) in [6.07, 6.45) is 0. The Hall–Kier alpha value is -1.10. The molecule has 1 aromatic carbocycles. The third kappa shape index (κ3) is 4.00. The predicted octanol–water partition coefficient (Wildman–Crippen LogP) is 1.41. The zero-order chi connectivity index (χ0) is 12.8. The van der Waals surface area contributed by atoms with E-state index >= 15 is 0 Å². The van der Waals surface area contributed by atoms with E-state index in [0.717, 1.165) is 11.1 Å². The van der Waals surface area contributed by atoms with E-state index in [-0.39, 0.29) is 0 Å². The zero-order valence-corrected chi connectivity index (χ0v) is 10.8. The van der Waals surface area contributed by atoms with Gasteiger partial charge in [0.15, 0.2) is 0 Å². The van der Waals surface area contributed by atoms with Crippen molar-refractivity contribution >= 4 is 17.5 Å². The molecule has 0 heterocycles. The molecule has 0 bridgehead atoms. The molecule has 0 saturated carbocycles. The number of benzene rings is 1. The molecule has 94 valence electrons. The van der Waals surface area contributed by atoms with Gasteiger partial charge in [0.1, 0.15) is 6.04 Å². The minimum absolute atomic E-state index is 0.430. The summed E-state index contributed by atoms with van der Waals surface area (Å²) in [6.45, 7) is 2.97. The fourth-order valence-corrected chi connectivity index (χ4v) is 1.67. The lowest BCUT2D eigenvalue weighted by molar-refractivity contribution is -0.120. The number of nitrogens with two attached hydrogens (primary N) is 1. The van der Waals surface area contributed by atoms with Crippen molar-refractivity contribution in [1.29, 1.82) is 0 Å². The van der Waals surface area contributed by atoms with E-state index < -0.39 is 11.9 Å². The van der Waals surface area contributed by atoms with Crippen molar-refractivity contribution < 1.29 is 9.53 Å². The number of aryl methyl sites for hydroxylation is 1. The number of rotatable bonds is 6. The van der Waals surface area contributed by atoms with Crippen LogP contribution in [-0.4, -0.2) is 26.2 Å². The first-order valence-electron chi connectivity index (χ1n) is 5.34. The van der Waals surface area contributed by atoms with Crippen molar-refractivity contribution in [3.8, 4) is 0 Å². The Morgan fingerprint density at radius 1 is 1.59 bits per heavy atom. The second kappa shape index (κ2) is 6.59. The molecule has 1 rings (SSSR count). The maximum atomic E-state index is 11.4. The molecule has 0 fully saturated rings. The fourth-order valence-electron chi connectivity index (χ4n) is 1.48. The number of hydrogen-bond acceptors (Lipinski definition) is 3. The largest absolute Gasteiger partial charge is 0.383 e. The fraction of sp³-hybridized carbons (Fsp3) is 0.417. The smallest absolute Gasteiger partial charge is 0.239 e. The molecule has 0 radical (unpaired) electrons. The van der Waals surface area contributed by atoms with Gasteiger partial charge in [-0.3, -0.25) is 10.1 Å².